The van der Waals surface area contributed by atoms with Crippen molar-refractivity contribution in [1.82, 2.24) is 15.1 Å². The van der Waals surface area contributed by atoms with Gasteiger partial charge in [0.15, 0.2) is 0 Å². The van der Waals surface area contributed by atoms with Gasteiger partial charge in [-0.15, -0.1) is 0 Å². The number of aryl methyl sites for hydroxylation is 1. The molecule has 3 aliphatic rings. The second-order valence-electron chi connectivity index (χ2n) is 9.76. The largest absolute Gasteiger partial charge is 0.457 e. The third kappa shape index (κ3) is 5.32. The van der Waals surface area contributed by atoms with Crippen molar-refractivity contribution >= 4 is 17.7 Å². The summed E-state index contributed by atoms with van der Waals surface area (Å²) >= 11 is 0. The lowest BCUT2D eigenvalue weighted by atomic mass is 10.0. The maximum Gasteiger partial charge on any atom is 0.254 e. The molecule has 1 saturated carbocycles. The third-order valence-electron chi connectivity index (χ3n) is 6.89. The molecular formula is C27H31N3O5. The molecule has 3 amide bonds. The summed E-state index contributed by atoms with van der Waals surface area (Å²) < 4.78 is 12.4. The summed E-state index contributed by atoms with van der Waals surface area (Å²) in [6.07, 6.45) is 2.28. The first-order valence-corrected chi connectivity index (χ1v) is 12.2. The Morgan fingerprint density at radius 2 is 1.91 bits per heavy atom. The lowest BCUT2D eigenvalue weighted by molar-refractivity contribution is -0.138. The average molecular weight is 478 g/mol. The Bertz CT molecular complexity index is 1150. The van der Waals surface area contributed by atoms with Gasteiger partial charge in [0.05, 0.1) is 25.3 Å². The zero-order valence-electron chi connectivity index (χ0n) is 20.2. The van der Waals surface area contributed by atoms with Crippen LogP contribution in [0.15, 0.2) is 42.5 Å². The van der Waals surface area contributed by atoms with E-state index in [1.54, 1.807) is 19.2 Å². The molecule has 0 spiro atoms. The molecule has 0 unspecified atom stereocenters. The molecular weight excluding hydrogens is 446 g/mol. The fraction of sp³-hybridized carbons (Fsp3) is 0.444. The van der Waals surface area contributed by atoms with Gasteiger partial charge in [-0.25, -0.2) is 0 Å². The van der Waals surface area contributed by atoms with E-state index in [1.807, 2.05) is 42.2 Å². The number of nitrogens with zero attached hydrogens (tertiary/aromatic N) is 2. The molecule has 2 fully saturated rings. The van der Waals surface area contributed by atoms with Gasteiger partial charge in [-0.05, 0) is 61.6 Å². The van der Waals surface area contributed by atoms with Gasteiger partial charge in [0.2, 0.25) is 11.8 Å². The number of nitrogens with one attached hydrogen (secondary N) is 1. The highest BCUT2D eigenvalue weighted by molar-refractivity contribution is 5.96. The first-order valence-electron chi connectivity index (χ1n) is 12.2. The van der Waals surface area contributed by atoms with Crippen LogP contribution in [0.1, 0.15) is 40.7 Å². The fourth-order valence-corrected chi connectivity index (χ4v) is 4.69. The van der Waals surface area contributed by atoms with Crippen LogP contribution in [0.25, 0.3) is 0 Å². The normalized spacial score (nSPS) is 23.3. The molecule has 184 valence electrons. The summed E-state index contributed by atoms with van der Waals surface area (Å²) in [5.41, 5.74) is 2.30. The number of benzene rings is 2. The van der Waals surface area contributed by atoms with Crippen molar-refractivity contribution < 1.29 is 23.9 Å². The Kier molecular flexibility index (Phi) is 6.47. The Morgan fingerprint density at radius 1 is 1.09 bits per heavy atom. The number of hydrogen-bond donors (Lipinski definition) is 1. The SMILES string of the molecule is Cc1ccc2cc1Oc1cccc(c1)CO[C@@H]1CCN(C(=O)C3CC3)C[C@@H]1NC(=O)CN(C)C2=O. The number of ether oxygens (including phenoxy) is 2. The van der Waals surface area contributed by atoms with E-state index in [0.29, 0.717) is 43.2 Å². The van der Waals surface area contributed by atoms with Crippen molar-refractivity contribution in [3.05, 3.63) is 59.2 Å². The molecule has 0 aromatic heterocycles. The van der Waals surface area contributed by atoms with E-state index in [2.05, 4.69) is 5.32 Å². The maximum atomic E-state index is 13.1. The van der Waals surface area contributed by atoms with Gasteiger partial charge in [-0.3, -0.25) is 14.4 Å². The van der Waals surface area contributed by atoms with Gasteiger partial charge in [-0.2, -0.15) is 0 Å². The lowest BCUT2D eigenvalue weighted by Gasteiger charge is -2.39. The van der Waals surface area contributed by atoms with Crippen LogP contribution in [0.2, 0.25) is 0 Å². The van der Waals surface area contributed by atoms with Crippen LogP contribution in [0.5, 0.6) is 11.5 Å². The van der Waals surface area contributed by atoms with Crippen LogP contribution < -0.4 is 10.1 Å². The third-order valence-corrected chi connectivity index (χ3v) is 6.89. The minimum Gasteiger partial charge on any atom is -0.457 e. The first kappa shape index (κ1) is 23.4. The number of carbonyl (C=O) groups is 3. The molecule has 1 N–H and O–H groups in total. The second kappa shape index (κ2) is 9.70. The Hall–Kier alpha value is -3.39. The molecule has 8 heteroatoms. The minimum atomic E-state index is -0.347. The zero-order chi connectivity index (χ0) is 24.5. The van der Waals surface area contributed by atoms with Gasteiger partial charge in [0.25, 0.3) is 5.91 Å². The maximum absolute atomic E-state index is 13.1. The smallest absolute Gasteiger partial charge is 0.254 e. The van der Waals surface area contributed by atoms with Crippen molar-refractivity contribution in [2.75, 3.05) is 26.7 Å². The van der Waals surface area contributed by atoms with Crippen LogP contribution in [0.4, 0.5) is 0 Å². The summed E-state index contributed by atoms with van der Waals surface area (Å²) in [6, 6.07) is 12.6. The first-order chi connectivity index (χ1) is 16.9. The van der Waals surface area contributed by atoms with Crippen molar-refractivity contribution in [3.63, 3.8) is 0 Å². The Balaban J connectivity index is 1.42. The summed E-state index contributed by atoms with van der Waals surface area (Å²) in [5.74, 6) is 0.990. The summed E-state index contributed by atoms with van der Waals surface area (Å²) in [4.78, 5) is 41.9. The van der Waals surface area contributed by atoms with Gasteiger partial charge in [0, 0.05) is 31.6 Å². The monoisotopic (exact) mass is 477 g/mol. The highest BCUT2D eigenvalue weighted by atomic mass is 16.5. The number of piperidine rings is 1. The Labute approximate surface area is 205 Å². The number of amides is 3. The summed E-state index contributed by atoms with van der Waals surface area (Å²) in [6.45, 7) is 3.21. The van der Waals surface area contributed by atoms with E-state index in [1.165, 1.54) is 4.90 Å². The number of rotatable bonds is 1. The number of hydrogen-bond acceptors (Lipinski definition) is 5. The highest BCUT2D eigenvalue weighted by Crippen LogP contribution is 2.32. The van der Waals surface area contributed by atoms with E-state index < -0.39 is 0 Å². The average Bonchev–Trinajstić information content (AvgIpc) is 3.69. The number of carbonyl (C=O) groups excluding carboxylic acids is 3. The topological polar surface area (TPSA) is 88.2 Å². The molecule has 4 bridgehead atoms. The van der Waals surface area contributed by atoms with E-state index in [0.717, 1.165) is 24.0 Å². The van der Waals surface area contributed by atoms with E-state index in [-0.39, 0.29) is 42.3 Å². The number of likely N-dealkylation sites (N-methyl/N-ethyl adjacent to an activating group) is 1. The molecule has 2 atom stereocenters. The molecule has 8 nitrogen and oxygen atoms in total. The second-order valence-corrected chi connectivity index (χ2v) is 9.76. The van der Waals surface area contributed by atoms with E-state index in [4.69, 9.17) is 9.47 Å². The molecule has 2 heterocycles. The summed E-state index contributed by atoms with van der Waals surface area (Å²) in [5, 5.41) is 3.04. The van der Waals surface area contributed by atoms with Crippen molar-refractivity contribution in [3.8, 4) is 11.5 Å². The quantitative estimate of drug-likeness (QED) is 0.683. The fourth-order valence-electron chi connectivity index (χ4n) is 4.69. The molecule has 35 heavy (non-hydrogen) atoms. The lowest BCUT2D eigenvalue weighted by Crippen LogP contribution is -2.58. The van der Waals surface area contributed by atoms with E-state index in [9.17, 15) is 14.4 Å². The number of fused-ring (bicyclic) bond motifs is 5. The standard InChI is InChI=1S/C27H31N3O5/c1-17-6-7-20-13-24(17)35-21-5-3-4-18(12-21)16-34-23-10-11-30(27(33)19-8-9-19)14-22(23)28-25(31)15-29(2)26(20)32/h3-7,12-13,19,22-23H,8-11,14-16H2,1-2H3,(H,28,31)/t22-,23+/m0/s1. The zero-order valence-corrected chi connectivity index (χ0v) is 20.2. The van der Waals surface area contributed by atoms with Gasteiger partial charge in [0.1, 0.15) is 11.5 Å². The van der Waals surface area contributed by atoms with Crippen LogP contribution in [0, 0.1) is 12.8 Å². The van der Waals surface area contributed by atoms with Gasteiger partial charge >= 0.3 is 0 Å². The van der Waals surface area contributed by atoms with Crippen LogP contribution >= 0.6 is 0 Å². The highest BCUT2D eigenvalue weighted by Gasteiger charge is 2.39. The molecule has 1 saturated heterocycles. The Morgan fingerprint density at radius 3 is 2.71 bits per heavy atom. The number of likely N-dealkylation sites (tertiary alicyclic amines) is 1. The predicted octanol–water partition coefficient (Wildman–Crippen LogP) is 2.89. The van der Waals surface area contributed by atoms with Crippen LogP contribution in [-0.2, 0) is 20.9 Å². The van der Waals surface area contributed by atoms with E-state index >= 15 is 0 Å². The minimum absolute atomic E-state index is 0.0955. The molecule has 2 aromatic rings. The van der Waals surface area contributed by atoms with Gasteiger partial charge in [-0.1, -0.05) is 18.2 Å². The van der Waals surface area contributed by atoms with Crippen molar-refractivity contribution in [2.24, 2.45) is 5.92 Å². The summed E-state index contributed by atoms with van der Waals surface area (Å²) in [7, 11) is 1.60. The van der Waals surface area contributed by atoms with Crippen molar-refractivity contribution in [1.29, 1.82) is 0 Å². The predicted molar refractivity (Wildman–Crippen MR) is 129 cm³/mol. The van der Waals surface area contributed by atoms with Crippen LogP contribution in [0.3, 0.4) is 0 Å². The van der Waals surface area contributed by atoms with Crippen LogP contribution in [-0.4, -0.2) is 66.3 Å². The molecule has 1 aliphatic carbocycles. The van der Waals surface area contributed by atoms with Crippen molar-refractivity contribution in [2.45, 2.75) is 44.9 Å². The molecule has 2 aliphatic heterocycles. The van der Waals surface area contributed by atoms with Gasteiger partial charge < -0.3 is 24.6 Å². The molecule has 2 aromatic carbocycles. The molecule has 5 rings (SSSR count). The molecule has 0 radical (unpaired) electrons.